The third kappa shape index (κ3) is 7.13. The van der Waals surface area contributed by atoms with Crippen LogP contribution in [0.3, 0.4) is 0 Å². The van der Waals surface area contributed by atoms with Crippen molar-refractivity contribution in [1.82, 2.24) is 5.43 Å². The number of nitrogens with one attached hydrogen (secondary N) is 1. The molecule has 0 bridgehead atoms. The van der Waals surface area contributed by atoms with Gasteiger partial charge >= 0.3 is 0 Å². The number of nitro benzene ring substituents is 2. The molecular formula is C24H21IN4O8. The van der Waals surface area contributed by atoms with Gasteiger partial charge in [-0.1, -0.05) is 0 Å². The van der Waals surface area contributed by atoms with Gasteiger partial charge in [-0.05, 0) is 71.0 Å². The molecule has 3 aromatic carbocycles. The molecule has 0 aromatic heterocycles. The van der Waals surface area contributed by atoms with E-state index in [1.54, 1.807) is 24.3 Å². The summed E-state index contributed by atoms with van der Waals surface area (Å²) in [7, 11) is 1.35. The van der Waals surface area contributed by atoms with E-state index in [0.717, 1.165) is 11.6 Å². The summed E-state index contributed by atoms with van der Waals surface area (Å²) in [5.74, 6) is 0.424. The van der Waals surface area contributed by atoms with E-state index in [0.29, 0.717) is 27.2 Å². The van der Waals surface area contributed by atoms with Crippen LogP contribution in [0.15, 0.2) is 59.7 Å². The smallest absolute Gasteiger partial charge is 0.275 e. The SMILES string of the molecule is CCOc1cc(/C=N\NC(=O)c2cc([N+](=O)[O-])ccc2OC)cc(I)c1OCc1ccc([N+](=O)[O-])cc1. The van der Waals surface area contributed by atoms with Gasteiger partial charge in [0.15, 0.2) is 11.5 Å². The maximum atomic E-state index is 12.5. The first-order valence-electron chi connectivity index (χ1n) is 10.7. The zero-order valence-electron chi connectivity index (χ0n) is 19.7. The number of methoxy groups -OCH3 is 1. The molecule has 12 nitrogen and oxygen atoms in total. The van der Waals surface area contributed by atoms with Crippen LogP contribution >= 0.6 is 22.6 Å². The van der Waals surface area contributed by atoms with Gasteiger partial charge in [0.1, 0.15) is 12.4 Å². The molecule has 3 rings (SSSR count). The summed E-state index contributed by atoms with van der Waals surface area (Å²) in [6.45, 7) is 2.36. The number of halogens is 1. The van der Waals surface area contributed by atoms with Crippen molar-refractivity contribution >= 4 is 46.1 Å². The Balaban J connectivity index is 1.75. The predicted octanol–water partition coefficient (Wildman–Crippen LogP) is 4.86. The molecule has 0 radical (unpaired) electrons. The van der Waals surface area contributed by atoms with E-state index in [9.17, 15) is 25.0 Å². The Morgan fingerprint density at radius 3 is 2.30 bits per heavy atom. The lowest BCUT2D eigenvalue weighted by Gasteiger charge is -2.14. The third-order valence-corrected chi connectivity index (χ3v) is 5.68. The Morgan fingerprint density at radius 2 is 1.68 bits per heavy atom. The maximum Gasteiger partial charge on any atom is 0.275 e. The summed E-state index contributed by atoms with van der Waals surface area (Å²) in [4.78, 5) is 33.3. The summed E-state index contributed by atoms with van der Waals surface area (Å²) in [6, 6.07) is 13.2. The van der Waals surface area contributed by atoms with Crippen LogP contribution in [0, 0.1) is 23.8 Å². The van der Waals surface area contributed by atoms with Crippen molar-refractivity contribution in [2.45, 2.75) is 13.5 Å². The number of hydrogen-bond acceptors (Lipinski definition) is 9. The van der Waals surface area contributed by atoms with Gasteiger partial charge in [-0.15, -0.1) is 0 Å². The number of non-ortho nitro benzene ring substituents is 2. The fraction of sp³-hybridized carbons (Fsp3) is 0.167. The van der Waals surface area contributed by atoms with E-state index < -0.39 is 15.8 Å². The van der Waals surface area contributed by atoms with Crippen LogP contribution in [-0.4, -0.2) is 35.7 Å². The Morgan fingerprint density at radius 1 is 1.00 bits per heavy atom. The van der Waals surface area contributed by atoms with Gasteiger partial charge in [0.05, 0.1) is 38.9 Å². The van der Waals surface area contributed by atoms with E-state index in [4.69, 9.17) is 14.2 Å². The quantitative estimate of drug-likeness (QED) is 0.138. The lowest BCUT2D eigenvalue weighted by Crippen LogP contribution is -2.18. The Bertz CT molecular complexity index is 1350. The fourth-order valence-electron chi connectivity index (χ4n) is 3.15. The van der Waals surface area contributed by atoms with Gasteiger partial charge in [0.2, 0.25) is 0 Å². The molecule has 0 fully saturated rings. The molecule has 3 aromatic rings. The number of amides is 1. The number of hydrazone groups is 1. The van der Waals surface area contributed by atoms with Gasteiger partial charge in [0.25, 0.3) is 17.3 Å². The van der Waals surface area contributed by atoms with E-state index >= 15 is 0 Å². The molecule has 0 heterocycles. The average molecular weight is 620 g/mol. The number of hydrogen-bond donors (Lipinski definition) is 1. The zero-order chi connectivity index (χ0) is 26.9. The minimum absolute atomic E-state index is 0.00648. The molecular weight excluding hydrogens is 599 g/mol. The highest BCUT2D eigenvalue weighted by Gasteiger charge is 2.17. The molecule has 0 unspecified atom stereocenters. The number of carbonyl (C=O) groups is 1. The molecule has 13 heteroatoms. The Hall–Kier alpha value is -4.27. The van der Waals surface area contributed by atoms with Crippen molar-refractivity contribution in [2.75, 3.05) is 13.7 Å². The van der Waals surface area contributed by atoms with Crippen LogP contribution in [0.4, 0.5) is 11.4 Å². The highest BCUT2D eigenvalue weighted by molar-refractivity contribution is 14.1. The maximum absolute atomic E-state index is 12.5. The molecule has 0 saturated carbocycles. The van der Waals surface area contributed by atoms with Crippen LogP contribution in [0.1, 0.15) is 28.4 Å². The van der Waals surface area contributed by atoms with Crippen LogP contribution in [0.25, 0.3) is 0 Å². The Labute approximate surface area is 224 Å². The molecule has 0 spiro atoms. The second kappa shape index (κ2) is 12.6. The van der Waals surface area contributed by atoms with Crippen molar-refractivity contribution in [3.63, 3.8) is 0 Å². The number of ether oxygens (including phenoxy) is 3. The molecule has 0 atom stereocenters. The molecule has 1 N–H and O–H groups in total. The highest BCUT2D eigenvalue weighted by Crippen LogP contribution is 2.34. The van der Waals surface area contributed by atoms with Crippen molar-refractivity contribution in [1.29, 1.82) is 0 Å². The summed E-state index contributed by atoms with van der Waals surface area (Å²) in [5.41, 5.74) is 3.39. The second-order valence-corrected chi connectivity index (χ2v) is 8.48. The van der Waals surface area contributed by atoms with E-state index in [1.807, 2.05) is 6.92 Å². The number of carbonyl (C=O) groups excluding carboxylic acids is 1. The number of benzene rings is 3. The molecule has 0 saturated heterocycles. The largest absolute Gasteiger partial charge is 0.496 e. The first-order valence-corrected chi connectivity index (χ1v) is 11.8. The van der Waals surface area contributed by atoms with Crippen LogP contribution < -0.4 is 19.6 Å². The fourth-order valence-corrected chi connectivity index (χ4v) is 3.93. The highest BCUT2D eigenvalue weighted by atomic mass is 127. The average Bonchev–Trinajstić information content (AvgIpc) is 2.88. The minimum Gasteiger partial charge on any atom is -0.496 e. The van der Waals surface area contributed by atoms with Crippen molar-refractivity contribution in [2.24, 2.45) is 5.10 Å². The van der Waals surface area contributed by atoms with Gasteiger partial charge in [-0.2, -0.15) is 5.10 Å². The van der Waals surface area contributed by atoms with Gasteiger partial charge in [-0.25, -0.2) is 5.43 Å². The van der Waals surface area contributed by atoms with Gasteiger partial charge < -0.3 is 14.2 Å². The third-order valence-electron chi connectivity index (χ3n) is 4.88. The summed E-state index contributed by atoms with van der Waals surface area (Å²) in [6.07, 6.45) is 1.40. The molecule has 1 amide bonds. The first kappa shape index (κ1) is 27.3. The number of nitrogens with zero attached hydrogens (tertiary/aromatic N) is 3. The first-order chi connectivity index (χ1) is 17.7. The molecule has 0 aliphatic heterocycles. The second-order valence-electron chi connectivity index (χ2n) is 7.32. The van der Waals surface area contributed by atoms with E-state index in [1.165, 1.54) is 37.6 Å². The predicted molar refractivity (Wildman–Crippen MR) is 142 cm³/mol. The van der Waals surface area contributed by atoms with Gasteiger partial charge in [0, 0.05) is 24.3 Å². The topological polar surface area (TPSA) is 155 Å². The molecule has 37 heavy (non-hydrogen) atoms. The lowest BCUT2D eigenvalue weighted by molar-refractivity contribution is -0.385. The molecule has 0 aliphatic carbocycles. The minimum atomic E-state index is -0.681. The summed E-state index contributed by atoms with van der Waals surface area (Å²) in [5, 5.41) is 25.8. The Kier molecular flexibility index (Phi) is 9.32. The van der Waals surface area contributed by atoms with Crippen molar-refractivity contribution < 1.29 is 28.9 Å². The van der Waals surface area contributed by atoms with E-state index in [2.05, 4.69) is 33.1 Å². The van der Waals surface area contributed by atoms with Crippen LogP contribution in [-0.2, 0) is 6.61 Å². The summed E-state index contributed by atoms with van der Waals surface area (Å²) >= 11 is 2.08. The molecule has 192 valence electrons. The van der Waals surface area contributed by atoms with Crippen molar-refractivity contribution in [3.05, 3.63) is 95.1 Å². The zero-order valence-corrected chi connectivity index (χ0v) is 21.8. The van der Waals surface area contributed by atoms with Crippen LogP contribution in [0.5, 0.6) is 17.2 Å². The number of rotatable bonds is 11. The summed E-state index contributed by atoms with van der Waals surface area (Å²) < 4.78 is 17.5. The van der Waals surface area contributed by atoms with Crippen LogP contribution in [0.2, 0.25) is 0 Å². The van der Waals surface area contributed by atoms with Gasteiger partial charge in [-0.3, -0.25) is 25.0 Å². The normalized spacial score (nSPS) is 10.7. The lowest BCUT2D eigenvalue weighted by atomic mass is 10.1. The van der Waals surface area contributed by atoms with E-state index in [-0.39, 0.29) is 29.3 Å². The van der Waals surface area contributed by atoms with Crippen molar-refractivity contribution in [3.8, 4) is 17.2 Å². The monoisotopic (exact) mass is 620 g/mol. The molecule has 0 aliphatic rings. The number of nitro groups is 2. The standard InChI is InChI=1S/C24H21IN4O8/c1-3-36-22-11-16(10-20(25)23(22)37-14-15-4-6-17(7-5-15)28(31)32)13-26-27-24(30)19-12-18(29(33)34)8-9-21(19)35-2/h4-13H,3,14H2,1-2H3,(H,27,30)/b26-13-.